The number of hydrogen-bond acceptors (Lipinski definition) is 4. The summed E-state index contributed by atoms with van der Waals surface area (Å²) < 4.78 is 23.3. The van der Waals surface area contributed by atoms with Crippen molar-refractivity contribution in [1.29, 1.82) is 0 Å². The summed E-state index contributed by atoms with van der Waals surface area (Å²) in [7, 11) is -3.22. The predicted octanol–water partition coefficient (Wildman–Crippen LogP) is -1.87. The molecular weight excluding hydrogens is 212 g/mol. The summed E-state index contributed by atoms with van der Waals surface area (Å²) in [5.74, 6) is -2.65. The zero-order valence-electron chi connectivity index (χ0n) is 7.61. The fraction of sp³-hybridized carbons (Fsp3) is 0.667. The third-order valence-electron chi connectivity index (χ3n) is 1.20. The Morgan fingerprint density at radius 2 is 1.86 bits per heavy atom. The Hall–Kier alpha value is -1.15. The van der Waals surface area contributed by atoms with Gasteiger partial charge in [-0.2, -0.15) is 0 Å². The van der Waals surface area contributed by atoms with Crippen molar-refractivity contribution in [1.82, 2.24) is 10.0 Å². The van der Waals surface area contributed by atoms with Gasteiger partial charge < -0.3 is 10.4 Å². The predicted molar refractivity (Wildman–Crippen MR) is 48.1 cm³/mol. The normalized spacial score (nSPS) is 10.9. The molecule has 0 aromatic heterocycles. The molecule has 3 N–H and O–H groups in total. The van der Waals surface area contributed by atoms with E-state index in [2.05, 4.69) is 10.0 Å². The Balaban J connectivity index is 3.49. The van der Waals surface area contributed by atoms with Crippen LogP contribution in [0, 0.1) is 0 Å². The highest BCUT2D eigenvalue weighted by molar-refractivity contribution is 7.88. The molecule has 0 atom stereocenters. The minimum atomic E-state index is -3.22. The van der Waals surface area contributed by atoms with Gasteiger partial charge in [-0.3, -0.25) is 4.79 Å². The first-order chi connectivity index (χ1) is 6.33. The summed E-state index contributed by atoms with van der Waals surface area (Å²) in [6.45, 7) is 0.284. The molecule has 1 amide bonds. The Labute approximate surface area is 81.5 Å². The molecule has 7 nitrogen and oxygen atoms in total. The average Bonchev–Trinajstić information content (AvgIpc) is 2.01. The molecule has 0 aromatic rings. The number of sulfonamides is 1. The smallest absolute Gasteiger partial charge is 0.394 e. The zero-order chi connectivity index (χ0) is 11.2. The first kappa shape index (κ1) is 12.8. The van der Waals surface area contributed by atoms with Crippen LogP contribution in [0.1, 0.15) is 6.42 Å². The largest absolute Gasteiger partial charge is 0.474 e. The van der Waals surface area contributed by atoms with E-state index in [-0.39, 0.29) is 13.1 Å². The Morgan fingerprint density at radius 3 is 2.29 bits per heavy atom. The Bertz CT molecular complexity index is 310. The highest BCUT2D eigenvalue weighted by Crippen LogP contribution is 1.78. The lowest BCUT2D eigenvalue weighted by Gasteiger charge is -2.02. The second-order valence-electron chi connectivity index (χ2n) is 2.58. The topological polar surface area (TPSA) is 113 Å². The van der Waals surface area contributed by atoms with Gasteiger partial charge in [0.1, 0.15) is 0 Å². The summed E-state index contributed by atoms with van der Waals surface area (Å²) in [5, 5.41) is 10.2. The van der Waals surface area contributed by atoms with E-state index >= 15 is 0 Å². The molecule has 0 unspecified atom stereocenters. The summed E-state index contributed by atoms with van der Waals surface area (Å²) in [6.07, 6.45) is 1.36. The summed E-state index contributed by atoms with van der Waals surface area (Å²) in [4.78, 5) is 20.5. The number of carboxylic acids is 1. The standard InChI is InChI=1S/C6H12N2O5S/c1-14(12,13)8-4-2-3-7-5(9)6(10)11/h8H,2-4H2,1H3,(H,7,9)(H,10,11). The molecule has 0 saturated carbocycles. The van der Waals surface area contributed by atoms with Gasteiger partial charge in [0.15, 0.2) is 0 Å². The lowest BCUT2D eigenvalue weighted by molar-refractivity contribution is -0.150. The van der Waals surface area contributed by atoms with E-state index < -0.39 is 21.9 Å². The van der Waals surface area contributed by atoms with Crippen molar-refractivity contribution in [3.05, 3.63) is 0 Å². The fourth-order valence-electron chi connectivity index (χ4n) is 0.623. The van der Waals surface area contributed by atoms with Crippen LogP contribution in [0.4, 0.5) is 0 Å². The van der Waals surface area contributed by atoms with Crippen molar-refractivity contribution >= 4 is 21.9 Å². The molecule has 0 rings (SSSR count). The van der Waals surface area contributed by atoms with Crippen LogP contribution in [-0.4, -0.2) is 44.7 Å². The summed E-state index contributed by atoms with van der Waals surface area (Å²) in [5.41, 5.74) is 0. The number of amides is 1. The lowest BCUT2D eigenvalue weighted by atomic mass is 10.4. The Kier molecular flexibility index (Phi) is 5.10. The molecule has 0 aliphatic rings. The number of carbonyl (C=O) groups excluding carboxylic acids is 1. The molecule has 8 heteroatoms. The van der Waals surface area contributed by atoms with E-state index in [0.29, 0.717) is 6.42 Å². The van der Waals surface area contributed by atoms with Crippen LogP contribution in [0.2, 0.25) is 0 Å². The highest BCUT2D eigenvalue weighted by Gasteiger charge is 2.08. The van der Waals surface area contributed by atoms with E-state index in [4.69, 9.17) is 5.11 Å². The average molecular weight is 224 g/mol. The van der Waals surface area contributed by atoms with Crippen LogP contribution in [0.15, 0.2) is 0 Å². The van der Waals surface area contributed by atoms with Crippen molar-refractivity contribution in [3.63, 3.8) is 0 Å². The zero-order valence-corrected chi connectivity index (χ0v) is 8.43. The third-order valence-corrected chi connectivity index (χ3v) is 1.93. The molecule has 0 aliphatic heterocycles. The van der Waals surface area contributed by atoms with E-state index in [1.54, 1.807) is 0 Å². The van der Waals surface area contributed by atoms with Crippen molar-refractivity contribution in [2.45, 2.75) is 6.42 Å². The van der Waals surface area contributed by atoms with Gasteiger partial charge in [0, 0.05) is 13.1 Å². The second-order valence-corrected chi connectivity index (χ2v) is 4.41. The van der Waals surface area contributed by atoms with Crippen molar-refractivity contribution in [2.75, 3.05) is 19.3 Å². The van der Waals surface area contributed by atoms with Crippen LogP contribution < -0.4 is 10.0 Å². The van der Waals surface area contributed by atoms with Crippen LogP contribution in [-0.2, 0) is 19.6 Å². The Morgan fingerprint density at radius 1 is 1.29 bits per heavy atom. The highest BCUT2D eigenvalue weighted by atomic mass is 32.2. The monoisotopic (exact) mass is 224 g/mol. The molecule has 14 heavy (non-hydrogen) atoms. The minimum Gasteiger partial charge on any atom is -0.474 e. The number of rotatable bonds is 5. The van der Waals surface area contributed by atoms with Crippen molar-refractivity contribution in [2.24, 2.45) is 0 Å². The van der Waals surface area contributed by atoms with Crippen molar-refractivity contribution in [3.8, 4) is 0 Å². The van der Waals surface area contributed by atoms with E-state index in [9.17, 15) is 18.0 Å². The van der Waals surface area contributed by atoms with Gasteiger partial charge >= 0.3 is 11.9 Å². The molecule has 0 heterocycles. The number of aliphatic carboxylic acids is 1. The number of hydrogen-bond donors (Lipinski definition) is 3. The van der Waals surface area contributed by atoms with Crippen LogP contribution >= 0.6 is 0 Å². The van der Waals surface area contributed by atoms with Gasteiger partial charge in [0.2, 0.25) is 10.0 Å². The van der Waals surface area contributed by atoms with Crippen LogP contribution in [0.3, 0.4) is 0 Å². The number of nitrogens with one attached hydrogen (secondary N) is 2. The second kappa shape index (κ2) is 5.55. The maximum Gasteiger partial charge on any atom is 0.394 e. The molecule has 82 valence electrons. The van der Waals surface area contributed by atoms with E-state index in [1.807, 2.05) is 0 Å². The maximum atomic E-state index is 10.5. The fourth-order valence-corrected chi connectivity index (χ4v) is 1.14. The third kappa shape index (κ3) is 7.50. The molecule has 0 fully saturated rings. The molecule has 0 aromatic carbocycles. The summed E-state index contributed by atoms with van der Waals surface area (Å²) >= 11 is 0. The molecule has 0 aliphatic carbocycles. The van der Waals surface area contributed by atoms with E-state index in [0.717, 1.165) is 6.26 Å². The van der Waals surface area contributed by atoms with E-state index in [1.165, 1.54) is 0 Å². The van der Waals surface area contributed by atoms with Crippen LogP contribution in [0.25, 0.3) is 0 Å². The molecule has 0 bridgehead atoms. The molecule has 0 radical (unpaired) electrons. The molecular formula is C6H12N2O5S. The van der Waals surface area contributed by atoms with Gasteiger partial charge in [-0.1, -0.05) is 0 Å². The molecule has 0 saturated heterocycles. The van der Waals surface area contributed by atoms with Crippen LogP contribution in [0.5, 0.6) is 0 Å². The van der Waals surface area contributed by atoms with Gasteiger partial charge in [0.25, 0.3) is 0 Å². The maximum absolute atomic E-state index is 10.5. The minimum absolute atomic E-state index is 0.119. The quantitative estimate of drug-likeness (QED) is 0.374. The number of carboxylic acid groups (broad SMARTS) is 1. The van der Waals surface area contributed by atoms with Gasteiger partial charge in [-0.15, -0.1) is 0 Å². The van der Waals surface area contributed by atoms with Crippen molar-refractivity contribution < 1.29 is 23.1 Å². The lowest BCUT2D eigenvalue weighted by Crippen LogP contribution is -2.33. The van der Waals surface area contributed by atoms with Gasteiger partial charge in [-0.05, 0) is 6.42 Å². The summed E-state index contributed by atoms with van der Waals surface area (Å²) in [6, 6.07) is 0. The SMILES string of the molecule is CS(=O)(=O)NCCCNC(=O)C(=O)O. The first-order valence-corrected chi connectivity index (χ1v) is 5.68. The van der Waals surface area contributed by atoms with Gasteiger partial charge in [-0.25, -0.2) is 17.9 Å². The number of carbonyl (C=O) groups is 2. The van der Waals surface area contributed by atoms with Gasteiger partial charge in [0.05, 0.1) is 6.26 Å². The first-order valence-electron chi connectivity index (χ1n) is 3.78. The molecule has 0 spiro atoms.